The molecule has 0 saturated carbocycles. The molecule has 0 aliphatic carbocycles. The number of aromatic nitrogens is 1. The van der Waals surface area contributed by atoms with Crippen molar-refractivity contribution < 1.29 is 14.7 Å². The average Bonchev–Trinajstić information content (AvgIpc) is 2.45. The summed E-state index contributed by atoms with van der Waals surface area (Å²) in [5, 5.41) is 11.6. The molecule has 2 N–H and O–H groups in total. The van der Waals surface area contributed by atoms with Crippen molar-refractivity contribution >= 4 is 12.0 Å². The number of nitrogens with one attached hydrogen (secondary N) is 1. The van der Waals surface area contributed by atoms with Crippen LogP contribution in [0.25, 0.3) is 0 Å². The number of hydrogen-bond donors (Lipinski definition) is 2. The Balaban J connectivity index is 2.64. The van der Waals surface area contributed by atoms with Crippen molar-refractivity contribution in [1.82, 2.24) is 15.2 Å². The summed E-state index contributed by atoms with van der Waals surface area (Å²) in [6.45, 7) is 6.41. The Hall–Kier alpha value is -2.11. The molecule has 2 amide bonds. The van der Waals surface area contributed by atoms with E-state index < -0.39 is 5.97 Å². The van der Waals surface area contributed by atoms with E-state index in [1.54, 1.807) is 13.1 Å². The number of amides is 2. The number of aryl methyl sites for hydroxylation is 1. The molecule has 1 aromatic heterocycles. The molecule has 6 heteroatoms. The Kier molecular flexibility index (Phi) is 6.65. The highest BCUT2D eigenvalue weighted by atomic mass is 16.4. The monoisotopic (exact) mass is 293 g/mol. The number of pyridine rings is 1. The Morgan fingerprint density at radius 3 is 2.71 bits per heavy atom. The number of aliphatic carboxylic acids is 1. The number of hydrogen-bond acceptors (Lipinski definition) is 3. The molecule has 116 valence electrons. The van der Waals surface area contributed by atoms with E-state index in [9.17, 15) is 9.59 Å². The lowest BCUT2D eigenvalue weighted by Gasteiger charge is -2.27. The molecule has 0 aromatic carbocycles. The van der Waals surface area contributed by atoms with Gasteiger partial charge in [-0.05, 0) is 31.9 Å². The fraction of sp³-hybridized carbons (Fsp3) is 0.533. The van der Waals surface area contributed by atoms with Crippen molar-refractivity contribution in [3.05, 3.63) is 29.6 Å². The summed E-state index contributed by atoms with van der Waals surface area (Å²) in [5.41, 5.74) is 1.94. The minimum Gasteiger partial charge on any atom is -0.481 e. The standard InChI is InChI=1S/C15H23N3O3/c1-4-12-7-6-8-16-13(12)10-17-15(21)18(5-2)11(3)9-14(19)20/h6-8,11H,4-5,9-10H2,1-3H3,(H,17,21)(H,19,20). The first-order chi connectivity index (χ1) is 9.99. The van der Waals surface area contributed by atoms with Gasteiger partial charge in [-0.3, -0.25) is 9.78 Å². The van der Waals surface area contributed by atoms with Crippen LogP contribution < -0.4 is 5.32 Å². The third-order valence-corrected chi connectivity index (χ3v) is 3.38. The lowest BCUT2D eigenvalue weighted by molar-refractivity contribution is -0.138. The van der Waals surface area contributed by atoms with E-state index >= 15 is 0 Å². The van der Waals surface area contributed by atoms with Gasteiger partial charge in [-0.2, -0.15) is 0 Å². The molecular formula is C15H23N3O3. The first-order valence-electron chi connectivity index (χ1n) is 7.18. The molecule has 0 saturated heterocycles. The zero-order chi connectivity index (χ0) is 15.8. The van der Waals surface area contributed by atoms with Crippen molar-refractivity contribution in [2.75, 3.05) is 6.54 Å². The van der Waals surface area contributed by atoms with Crippen LogP contribution in [0.15, 0.2) is 18.3 Å². The van der Waals surface area contributed by atoms with Gasteiger partial charge in [-0.1, -0.05) is 13.0 Å². The number of urea groups is 1. The predicted octanol–water partition coefficient (Wildman–Crippen LogP) is 2.04. The third kappa shape index (κ3) is 5.06. The molecular weight excluding hydrogens is 270 g/mol. The van der Waals surface area contributed by atoms with Crippen LogP contribution in [0.2, 0.25) is 0 Å². The van der Waals surface area contributed by atoms with Gasteiger partial charge < -0.3 is 15.3 Å². The Morgan fingerprint density at radius 2 is 2.14 bits per heavy atom. The van der Waals surface area contributed by atoms with E-state index in [0.29, 0.717) is 13.1 Å². The highest BCUT2D eigenvalue weighted by Gasteiger charge is 2.20. The topological polar surface area (TPSA) is 82.5 Å². The molecule has 1 rings (SSSR count). The largest absolute Gasteiger partial charge is 0.481 e. The first kappa shape index (κ1) is 16.9. The number of carboxylic acids is 1. The van der Waals surface area contributed by atoms with Crippen molar-refractivity contribution in [2.24, 2.45) is 0 Å². The maximum atomic E-state index is 12.2. The highest BCUT2D eigenvalue weighted by molar-refractivity contribution is 5.75. The molecule has 0 bridgehead atoms. The number of carboxylic acid groups (broad SMARTS) is 1. The summed E-state index contributed by atoms with van der Waals surface area (Å²) in [6.07, 6.45) is 2.49. The molecule has 0 fully saturated rings. The summed E-state index contributed by atoms with van der Waals surface area (Å²) in [7, 11) is 0. The third-order valence-electron chi connectivity index (χ3n) is 3.38. The number of nitrogens with zero attached hydrogens (tertiary/aromatic N) is 2. The van der Waals surface area contributed by atoms with Crippen molar-refractivity contribution in [1.29, 1.82) is 0 Å². The van der Waals surface area contributed by atoms with Gasteiger partial charge in [0.25, 0.3) is 0 Å². The van der Waals surface area contributed by atoms with Crippen molar-refractivity contribution in [2.45, 2.75) is 46.2 Å². The molecule has 6 nitrogen and oxygen atoms in total. The minimum absolute atomic E-state index is 0.0644. The van der Waals surface area contributed by atoms with Gasteiger partial charge in [0, 0.05) is 18.8 Å². The fourth-order valence-corrected chi connectivity index (χ4v) is 2.23. The maximum Gasteiger partial charge on any atom is 0.317 e. The molecule has 1 aromatic rings. The zero-order valence-electron chi connectivity index (χ0n) is 12.8. The van der Waals surface area contributed by atoms with Crippen molar-refractivity contribution in [3.8, 4) is 0 Å². The van der Waals surface area contributed by atoms with E-state index in [4.69, 9.17) is 5.11 Å². The SMILES string of the molecule is CCc1cccnc1CNC(=O)N(CC)C(C)CC(=O)O. The molecule has 1 atom stereocenters. The molecule has 1 heterocycles. The summed E-state index contributed by atoms with van der Waals surface area (Å²) < 4.78 is 0. The second-order valence-corrected chi connectivity index (χ2v) is 4.85. The van der Waals surface area contributed by atoms with Crippen LogP contribution in [0.1, 0.15) is 38.4 Å². The van der Waals surface area contributed by atoms with Gasteiger partial charge in [0.1, 0.15) is 0 Å². The number of rotatable bonds is 7. The zero-order valence-corrected chi connectivity index (χ0v) is 12.8. The Bertz CT molecular complexity index is 491. The lowest BCUT2D eigenvalue weighted by atomic mass is 10.1. The van der Waals surface area contributed by atoms with Crippen molar-refractivity contribution in [3.63, 3.8) is 0 Å². The van der Waals surface area contributed by atoms with E-state index in [2.05, 4.69) is 10.3 Å². The second kappa shape index (κ2) is 8.24. The van der Waals surface area contributed by atoms with E-state index in [-0.39, 0.29) is 18.5 Å². The van der Waals surface area contributed by atoms with E-state index in [1.807, 2.05) is 26.0 Å². The van der Waals surface area contributed by atoms with Gasteiger partial charge >= 0.3 is 12.0 Å². The Morgan fingerprint density at radius 1 is 1.43 bits per heavy atom. The van der Waals surface area contributed by atoms with Crippen LogP contribution in [0.3, 0.4) is 0 Å². The van der Waals surface area contributed by atoms with Crippen LogP contribution in [0, 0.1) is 0 Å². The minimum atomic E-state index is -0.910. The molecule has 1 unspecified atom stereocenters. The quantitative estimate of drug-likeness (QED) is 0.806. The summed E-state index contributed by atoms with van der Waals surface area (Å²) in [5.74, 6) is -0.910. The fourth-order valence-electron chi connectivity index (χ4n) is 2.23. The number of carbonyl (C=O) groups is 2. The maximum absolute atomic E-state index is 12.2. The van der Waals surface area contributed by atoms with Crippen LogP contribution >= 0.6 is 0 Å². The van der Waals surface area contributed by atoms with Crippen LogP contribution in [-0.4, -0.2) is 39.6 Å². The predicted molar refractivity (Wildman–Crippen MR) is 79.9 cm³/mol. The van der Waals surface area contributed by atoms with Gasteiger partial charge in [-0.15, -0.1) is 0 Å². The van der Waals surface area contributed by atoms with Crippen LogP contribution in [0.5, 0.6) is 0 Å². The highest BCUT2D eigenvalue weighted by Crippen LogP contribution is 2.08. The first-order valence-corrected chi connectivity index (χ1v) is 7.18. The molecule has 21 heavy (non-hydrogen) atoms. The molecule has 0 spiro atoms. The molecule has 0 aliphatic heterocycles. The van der Waals surface area contributed by atoms with Gasteiger partial charge in [0.2, 0.25) is 0 Å². The normalized spacial score (nSPS) is 11.8. The summed E-state index contributed by atoms with van der Waals surface area (Å²) in [4.78, 5) is 28.7. The van der Waals surface area contributed by atoms with Gasteiger partial charge in [0.05, 0.1) is 18.7 Å². The molecule has 0 radical (unpaired) electrons. The van der Waals surface area contributed by atoms with Gasteiger partial charge in [-0.25, -0.2) is 4.79 Å². The van der Waals surface area contributed by atoms with E-state index in [0.717, 1.165) is 17.7 Å². The second-order valence-electron chi connectivity index (χ2n) is 4.85. The van der Waals surface area contributed by atoms with Gasteiger partial charge in [0.15, 0.2) is 0 Å². The average molecular weight is 293 g/mol. The molecule has 0 aliphatic rings. The summed E-state index contributed by atoms with van der Waals surface area (Å²) >= 11 is 0. The lowest BCUT2D eigenvalue weighted by Crippen LogP contribution is -2.45. The number of carbonyl (C=O) groups excluding carboxylic acids is 1. The summed E-state index contributed by atoms with van der Waals surface area (Å²) in [6, 6.07) is 3.25. The Labute approximate surface area is 125 Å². The smallest absolute Gasteiger partial charge is 0.317 e. The van der Waals surface area contributed by atoms with Crippen LogP contribution in [0.4, 0.5) is 4.79 Å². The van der Waals surface area contributed by atoms with Crippen LogP contribution in [-0.2, 0) is 17.8 Å². The van der Waals surface area contributed by atoms with E-state index in [1.165, 1.54) is 4.90 Å².